The lowest BCUT2D eigenvalue weighted by Gasteiger charge is -2.16. The molecule has 172 valence electrons. The van der Waals surface area contributed by atoms with Gasteiger partial charge >= 0.3 is 6.09 Å². The van der Waals surface area contributed by atoms with E-state index < -0.39 is 0 Å². The molecule has 0 saturated carbocycles. The van der Waals surface area contributed by atoms with E-state index in [0.717, 1.165) is 22.4 Å². The van der Waals surface area contributed by atoms with Gasteiger partial charge < -0.3 is 24.4 Å². The predicted molar refractivity (Wildman–Crippen MR) is 129 cm³/mol. The van der Waals surface area contributed by atoms with Crippen molar-refractivity contribution >= 4 is 29.3 Å². The van der Waals surface area contributed by atoms with Gasteiger partial charge in [-0.05, 0) is 54.0 Å². The molecule has 7 nitrogen and oxygen atoms in total. The molecule has 5 rings (SSSR count). The second-order valence-electron chi connectivity index (χ2n) is 8.26. The van der Waals surface area contributed by atoms with Gasteiger partial charge in [-0.1, -0.05) is 36.4 Å². The van der Waals surface area contributed by atoms with Crippen LogP contribution in [0.2, 0.25) is 0 Å². The van der Waals surface area contributed by atoms with Gasteiger partial charge in [0.25, 0.3) is 5.91 Å². The second-order valence-corrected chi connectivity index (χ2v) is 8.26. The van der Waals surface area contributed by atoms with Crippen LogP contribution in [0.3, 0.4) is 0 Å². The molecule has 0 bridgehead atoms. The summed E-state index contributed by atoms with van der Waals surface area (Å²) in [5.41, 5.74) is 4.23. The third-order valence-corrected chi connectivity index (χ3v) is 6.07. The van der Waals surface area contributed by atoms with Crippen molar-refractivity contribution in [1.29, 1.82) is 0 Å². The van der Waals surface area contributed by atoms with Crippen LogP contribution in [0, 0.1) is 0 Å². The number of nitrogens with zero attached hydrogens (tertiary/aromatic N) is 1. The molecule has 1 N–H and O–H groups in total. The number of carbonyl (C=O) groups is 2. The molecule has 1 fully saturated rings. The number of para-hydroxylation sites is 1. The third kappa shape index (κ3) is 4.20. The highest BCUT2D eigenvalue weighted by molar-refractivity contribution is 6.34. The molecule has 1 unspecified atom stereocenters. The zero-order valence-electron chi connectivity index (χ0n) is 18.9. The molecule has 0 radical (unpaired) electrons. The number of anilines is 1. The van der Waals surface area contributed by atoms with E-state index in [4.69, 9.17) is 14.2 Å². The molecule has 0 aliphatic carbocycles. The van der Waals surface area contributed by atoms with E-state index in [2.05, 4.69) is 5.32 Å². The summed E-state index contributed by atoms with van der Waals surface area (Å²) < 4.78 is 16.7. The van der Waals surface area contributed by atoms with Crippen LogP contribution in [0.4, 0.5) is 10.5 Å². The highest BCUT2D eigenvalue weighted by Gasteiger charge is 2.29. The SMILES string of the molecule is COc1cc(/C=C2\C(=O)Nc3ccccc32)ccc1Oc1ccc(CC2COC(=O)N2C)cc1. The fourth-order valence-electron chi connectivity index (χ4n) is 4.13. The summed E-state index contributed by atoms with van der Waals surface area (Å²) in [4.78, 5) is 25.6. The Balaban J connectivity index is 1.31. The summed E-state index contributed by atoms with van der Waals surface area (Å²) in [6.07, 6.45) is 2.27. The summed E-state index contributed by atoms with van der Waals surface area (Å²) in [5.74, 6) is 1.68. The first-order valence-corrected chi connectivity index (χ1v) is 11.0. The van der Waals surface area contributed by atoms with Crippen LogP contribution < -0.4 is 14.8 Å². The van der Waals surface area contributed by atoms with Crippen LogP contribution in [-0.4, -0.2) is 43.7 Å². The predicted octanol–water partition coefficient (Wildman–Crippen LogP) is 4.97. The number of ether oxygens (including phenoxy) is 3. The fraction of sp³-hybridized carbons (Fsp3) is 0.185. The Hall–Kier alpha value is -4.26. The first-order valence-electron chi connectivity index (χ1n) is 11.0. The van der Waals surface area contributed by atoms with Crippen molar-refractivity contribution in [2.45, 2.75) is 12.5 Å². The summed E-state index contributed by atoms with van der Waals surface area (Å²) in [7, 11) is 3.34. The van der Waals surface area contributed by atoms with Crippen LogP contribution in [0.25, 0.3) is 11.6 Å². The Morgan fingerprint density at radius 3 is 2.59 bits per heavy atom. The normalized spacial score (nSPS) is 18.0. The quantitative estimate of drug-likeness (QED) is 0.530. The minimum atomic E-state index is -0.283. The largest absolute Gasteiger partial charge is 0.493 e. The molecule has 2 aliphatic rings. The molecule has 3 aromatic rings. The van der Waals surface area contributed by atoms with Gasteiger partial charge in [0.2, 0.25) is 0 Å². The van der Waals surface area contributed by atoms with Crippen molar-refractivity contribution in [3.8, 4) is 17.2 Å². The third-order valence-electron chi connectivity index (χ3n) is 6.07. The minimum Gasteiger partial charge on any atom is -0.493 e. The lowest BCUT2D eigenvalue weighted by molar-refractivity contribution is -0.110. The molecule has 2 aliphatic heterocycles. The van der Waals surface area contributed by atoms with Gasteiger partial charge in [0, 0.05) is 23.9 Å². The molecule has 34 heavy (non-hydrogen) atoms. The summed E-state index contributed by atoms with van der Waals surface area (Å²) in [6, 6.07) is 21.0. The van der Waals surface area contributed by atoms with E-state index >= 15 is 0 Å². The highest BCUT2D eigenvalue weighted by Crippen LogP contribution is 2.36. The van der Waals surface area contributed by atoms with Crippen molar-refractivity contribution in [3.63, 3.8) is 0 Å². The zero-order valence-corrected chi connectivity index (χ0v) is 18.9. The molecule has 7 heteroatoms. The lowest BCUT2D eigenvalue weighted by Crippen LogP contribution is -2.30. The van der Waals surface area contributed by atoms with E-state index in [-0.39, 0.29) is 18.0 Å². The maximum Gasteiger partial charge on any atom is 0.409 e. The van der Waals surface area contributed by atoms with Gasteiger partial charge in [0.05, 0.1) is 13.2 Å². The highest BCUT2D eigenvalue weighted by atomic mass is 16.6. The van der Waals surface area contributed by atoms with E-state index in [9.17, 15) is 9.59 Å². The number of cyclic esters (lactones) is 1. The Labute approximate surface area is 197 Å². The van der Waals surface area contributed by atoms with Crippen LogP contribution in [0.15, 0.2) is 66.7 Å². The molecule has 2 heterocycles. The van der Waals surface area contributed by atoms with Gasteiger partial charge in [-0.25, -0.2) is 4.79 Å². The maximum absolute atomic E-state index is 12.4. The average Bonchev–Trinajstić information content (AvgIpc) is 3.34. The molecule has 0 aromatic heterocycles. The molecule has 3 aromatic carbocycles. The van der Waals surface area contributed by atoms with Crippen LogP contribution in [0.5, 0.6) is 17.2 Å². The van der Waals surface area contributed by atoms with Gasteiger partial charge in [0.1, 0.15) is 12.4 Å². The topological polar surface area (TPSA) is 77.1 Å². The molecule has 2 amide bonds. The van der Waals surface area contributed by atoms with Gasteiger partial charge in [-0.3, -0.25) is 4.79 Å². The van der Waals surface area contributed by atoms with Crippen molar-refractivity contribution in [3.05, 3.63) is 83.4 Å². The molecular formula is C27H24N2O5. The zero-order chi connectivity index (χ0) is 23.7. The van der Waals surface area contributed by atoms with Gasteiger partial charge in [-0.2, -0.15) is 0 Å². The monoisotopic (exact) mass is 456 g/mol. The summed E-state index contributed by atoms with van der Waals surface area (Å²) >= 11 is 0. The van der Waals surface area contributed by atoms with Crippen LogP contribution in [-0.2, 0) is 16.0 Å². The number of amides is 2. The fourth-order valence-corrected chi connectivity index (χ4v) is 4.13. The number of hydrogen-bond donors (Lipinski definition) is 1. The standard InChI is InChI=1S/C27H24N2O5/c1-29-19(16-33-27(29)31)13-17-7-10-20(11-8-17)34-24-12-9-18(15-25(24)32-2)14-22-21-5-3-4-6-23(21)28-26(22)30/h3-12,14-15,19H,13,16H2,1-2H3,(H,28,30)/b22-14-. The number of methoxy groups -OCH3 is 1. The number of benzene rings is 3. The number of rotatable bonds is 6. The van der Waals surface area contributed by atoms with Gasteiger partial charge in [-0.15, -0.1) is 0 Å². The maximum atomic E-state index is 12.4. The van der Waals surface area contributed by atoms with Crippen molar-refractivity contribution in [2.24, 2.45) is 0 Å². The first kappa shape index (κ1) is 21.6. The summed E-state index contributed by atoms with van der Waals surface area (Å²) in [5, 5.41) is 2.88. The number of hydrogen-bond acceptors (Lipinski definition) is 5. The number of fused-ring (bicyclic) bond motifs is 1. The van der Waals surface area contributed by atoms with E-state index in [1.165, 1.54) is 0 Å². The smallest absolute Gasteiger partial charge is 0.409 e. The van der Waals surface area contributed by atoms with Crippen molar-refractivity contribution in [2.75, 3.05) is 26.1 Å². The Bertz CT molecular complexity index is 1280. The number of likely N-dealkylation sites (N-methyl/N-ethyl adjacent to an activating group) is 1. The number of carbonyl (C=O) groups excluding carboxylic acids is 2. The van der Waals surface area contributed by atoms with E-state index in [1.807, 2.05) is 72.8 Å². The van der Waals surface area contributed by atoms with Crippen LogP contribution >= 0.6 is 0 Å². The Morgan fingerprint density at radius 2 is 1.85 bits per heavy atom. The van der Waals surface area contributed by atoms with Gasteiger partial charge in [0.15, 0.2) is 11.5 Å². The minimum absolute atomic E-state index is 0.0370. The van der Waals surface area contributed by atoms with E-state index in [1.54, 1.807) is 19.1 Å². The van der Waals surface area contributed by atoms with Crippen LogP contribution in [0.1, 0.15) is 16.7 Å². The molecule has 1 saturated heterocycles. The Morgan fingerprint density at radius 1 is 1.06 bits per heavy atom. The lowest BCUT2D eigenvalue weighted by atomic mass is 10.0. The second kappa shape index (κ2) is 8.94. The first-order chi connectivity index (χ1) is 16.5. The molecular weight excluding hydrogens is 432 g/mol. The molecule has 1 atom stereocenters. The number of nitrogens with one attached hydrogen (secondary N) is 1. The Kier molecular flexibility index (Phi) is 5.67. The summed E-state index contributed by atoms with van der Waals surface area (Å²) in [6.45, 7) is 0.403. The average molecular weight is 456 g/mol. The molecule has 0 spiro atoms. The van der Waals surface area contributed by atoms with E-state index in [0.29, 0.717) is 35.8 Å². The van der Waals surface area contributed by atoms with Crippen molar-refractivity contribution < 1.29 is 23.8 Å². The van der Waals surface area contributed by atoms with Crippen molar-refractivity contribution in [1.82, 2.24) is 4.90 Å².